The molecule has 0 N–H and O–H groups in total. The van der Waals surface area contributed by atoms with Crippen LogP contribution in [0.15, 0.2) is 60.7 Å². The van der Waals surface area contributed by atoms with Crippen LogP contribution in [0.3, 0.4) is 0 Å². The third kappa shape index (κ3) is 31.9. The van der Waals surface area contributed by atoms with Crippen molar-refractivity contribution < 1.29 is 36.0 Å². The van der Waals surface area contributed by atoms with Crippen molar-refractivity contribution >= 4 is 79.7 Å². The molecular formula is C82H148Cl4N2P4Ru2+6. The second-order valence-electron chi connectivity index (χ2n) is 33.1. The number of piperidine rings is 2. The second-order valence-corrected chi connectivity index (χ2v) is 58.0. The molecule has 2 heterocycles. The third-order valence-corrected chi connectivity index (χ3v) is 46.7. The molecule has 0 atom stereocenters. The molecule has 0 unspecified atom stereocenters. The standard InChI is InChI=1S/2C19H37NP.2C15H29P.2C7H6.4ClH.2Ru/c2*1-20(2)15-13-19(14-16-20)21(17-9-5-3-6-10-17)18-11-7-4-8-12-18;2*1-2-13-16(14-9-5-3-6-10-14)15-11-7-4-8-12-15;2*1-7-5-3-2-4-6-7;;;;;;/h2*17-19H,3-16H2,1-2H3;2*14-15H,2-13H2,1H3;2*1-6H;4*1H;;/q2*+1;;;;;;;;;2*+2. The zero-order valence-electron chi connectivity index (χ0n) is 61.6. The zero-order chi connectivity index (χ0) is 66.6. The number of halogens is 4. The number of quaternary nitrogens is 2. The SMILES string of the molecule is CCC[PH+](C1CCCCC1)C1CCCCC1.CCC[PH+](C1CCCCC1)C1CCCCC1.C[N+]1(C)CCC([PH+](C2CCCCC2)C2CCCCC2)CC1.C[N+]1(C)CCC([PH+](C2CCCCC2)C2CCCCC2)CC1.[Cl][Ru]([Cl])=[CH]c1ccccc1.[Cl][Ru]([Cl])=[CH]c1ccccc1. The quantitative estimate of drug-likeness (QED) is 0.0893. The molecule has 0 bridgehead atoms. The number of nitrogens with zero attached hydrogens (tertiary/aromatic N) is 2. The molecule has 2 aromatic rings. The van der Waals surface area contributed by atoms with E-state index in [-0.39, 0.29) is 31.7 Å². The molecule has 0 aromatic heterocycles. The average Bonchev–Trinajstić information content (AvgIpc) is 0.838. The summed E-state index contributed by atoms with van der Waals surface area (Å²) >= 11 is -3.23. The van der Waals surface area contributed by atoms with Crippen LogP contribution in [0.2, 0.25) is 0 Å². The first kappa shape index (κ1) is 83.5. The molecular weight excluding hydrogens is 1480 g/mol. The molecule has 0 radical (unpaired) electrons. The van der Waals surface area contributed by atoms with Gasteiger partial charge >= 0.3 is 147 Å². The van der Waals surface area contributed by atoms with E-state index in [2.05, 4.69) is 42.0 Å². The molecule has 8 saturated carbocycles. The molecule has 2 aliphatic heterocycles. The molecule has 10 fully saturated rings. The van der Waals surface area contributed by atoms with E-state index >= 15 is 0 Å². The van der Waals surface area contributed by atoms with Gasteiger partial charge in [0.2, 0.25) is 0 Å². The first-order valence-electron chi connectivity index (χ1n) is 40.6. The van der Waals surface area contributed by atoms with Crippen molar-refractivity contribution in [2.24, 2.45) is 0 Å². The molecule has 12 heteroatoms. The van der Waals surface area contributed by atoms with Crippen molar-refractivity contribution in [2.45, 2.75) is 366 Å². The number of benzene rings is 2. The van der Waals surface area contributed by atoms with E-state index in [1.54, 1.807) is 243 Å². The summed E-state index contributed by atoms with van der Waals surface area (Å²) in [7, 11) is 32.2. The Morgan fingerprint density at radius 1 is 0.298 bits per heavy atom. The minimum atomic E-state index is -1.61. The summed E-state index contributed by atoms with van der Waals surface area (Å²) in [5.74, 6) is 0. The summed E-state index contributed by atoms with van der Waals surface area (Å²) in [6.07, 6.45) is 75.2. The Morgan fingerprint density at radius 3 is 0.681 bits per heavy atom. The van der Waals surface area contributed by atoms with Crippen molar-refractivity contribution in [3.8, 4) is 0 Å². The number of likely N-dealkylation sites (tertiary alicyclic amines) is 2. The molecule has 10 aliphatic rings. The Hall–Kier alpha value is 2.23. The van der Waals surface area contributed by atoms with E-state index in [4.69, 9.17) is 38.8 Å². The maximum atomic E-state index is 5.67. The van der Waals surface area contributed by atoms with Gasteiger partial charge in [-0.2, -0.15) is 0 Å². The fraction of sp³-hybridized carbons (Fsp3) is 0.829. The summed E-state index contributed by atoms with van der Waals surface area (Å²) in [5.41, 5.74) is 14.2. The van der Waals surface area contributed by atoms with Gasteiger partial charge in [-0.1, -0.05) is 65.2 Å². The van der Waals surface area contributed by atoms with Gasteiger partial charge in [-0.3, -0.25) is 0 Å². The van der Waals surface area contributed by atoms with Crippen LogP contribution in [0.4, 0.5) is 0 Å². The van der Waals surface area contributed by atoms with E-state index in [1.165, 1.54) is 156 Å². The van der Waals surface area contributed by atoms with Crippen LogP contribution < -0.4 is 0 Å². The van der Waals surface area contributed by atoms with E-state index in [0.717, 1.165) is 11.1 Å². The van der Waals surface area contributed by atoms with Gasteiger partial charge in [-0.05, 0) is 218 Å². The molecule has 94 heavy (non-hydrogen) atoms. The monoisotopic (exact) mass is 1630 g/mol. The van der Waals surface area contributed by atoms with Gasteiger partial charge < -0.3 is 8.97 Å². The summed E-state index contributed by atoms with van der Waals surface area (Å²) < 4.78 is 6.43. The molecule has 2 saturated heterocycles. The van der Waals surface area contributed by atoms with E-state index in [0.29, 0.717) is 0 Å². The fourth-order valence-electron chi connectivity index (χ4n) is 20.1. The maximum absolute atomic E-state index is 5.67. The van der Waals surface area contributed by atoms with Gasteiger partial charge in [0, 0.05) is 57.4 Å². The van der Waals surface area contributed by atoms with Crippen LogP contribution in [0.25, 0.3) is 0 Å². The van der Waals surface area contributed by atoms with Crippen molar-refractivity contribution in [2.75, 3.05) is 66.7 Å². The number of rotatable bonds is 16. The van der Waals surface area contributed by atoms with E-state index in [9.17, 15) is 0 Å². The van der Waals surface area contributed by atoms with Crippen molar-refractivity contribution in [3.05, 3.63) is 71.8 Å². The molecule has 8 aliphatic carbocycles. The van der Waals surface area contributed by atoms with Crippen LogP contribution in [-0.2, 0) is 27.0 Å². The van der Waals surface area contributed by atoms with E-state index < -0.39 is 27.0 Å². The predicted molar refractivity (Wildman–Crippen MR) is 435 cm³/mol. The Bertz CT molecular complexity index is 2020. The van der Waals surface area contributed by atoms with Crippen molar-refractivity contribution in [1.29, 1.82) is 0 Å². The molecule has 0 amide bonds. The first-order valence-corrected chi connectivity index (χ1v) is 58.7. The van der Waals surface area contributed by atoms with Crippen LogP contribution in [0.1, 0.15) is 320 Å². The Morgan fingerprint density at radius 2 is 0.489 bits per heavy atom. The summed E-state index contributed by atoms with van der Waals surface area (Å²) in [4.78, 5) is 0. The number of hydrogen-bond acceptors (Lipinski definition) is 0. The zero-order valence-corrected chi connectivity index (χ0v) is 72.1. The Balaban J connectivity index is 0.000000163. The Labute approximate surface area is 614 Å². The molecule has 2 nitrogen and oxygen atoms in total. The van der Waals surface area contributed by atoms with Crippen LogP contribution in [-0.4, -0.2) is 141 Å². The fourth-order valence-corrected chi connectivity index (χ4v) is 42.6. The number of hydrogen-bond donors (Lipinski definition) is 0. The van der Waals surface area contributed by atoms with Gasteiger partial charge in [0.05, 0.1) is 123 Å². The summed E-state index contributed by atoms with van der Waals surface area (Å²) in [6.45, 7) is 10.7. The molecule has 12 rings (SSSR count). The predicted octanol–water partition coefficient (Wildman–Crippen LogP) is 26.3. The average molecular weight is 1630 g/mol. The molecule has 0 spiro atoms. The van der Waals surface area contributed by atoms with Gasteiger partial charge in [0.25, 0.3) is 0 Å². The van der Waals surface area contributed by atoms with Crippen LogP contribution in [0.5, 0.6) is 0 Å². The van der Waals surface area contributed by atoms with Gasteiger partial charge in [0.15, 0.2) is 0 Å². The van der Waals surface area contributed by atoms with E-state index in [1.807, 2.05) is 69.9 Å². The normalized spacial score (nSPS) is 24.2. The molecule has 2 aromatic carbocycles. The third-order valence-electron chi connectivity index (χ3n) is 25.2. The topological polar surface area (TPSA) is 0 Å². The van der Waals surface area contributed by atoms with Crippen LogP contribution >= 0.6 is 70.5 Å². The first-order chi connectivity index (χ1) is 45.7. The minimum absolute atomic E-state index is 0.00320. The second kappa shape index (κ2) is 48.4. The molecule has 544 valence electrons. The van der Waals surface area contributed by atoms with Gasteiger partial charge in [-0.25, -0.2) is 0 Å². The summed E-state index contributed by atoms with van der Waals surface area (Å²) in [6, 6.07) is 19.8. The summed E-state index contributed by atoms with van der Waals surface area (Å²) in [5, 5.41) is 0. The van der Waals surface area contributed by atoms with Crippen molar-refractivity contribution in [1.82, 2.24) is 0 Å². The van der Waals surface area contributed by atoms with Crippen LogP contribution in [0, 0.1) is 0 Å². The van der Waals surface area contributed by atoms with Gasteiger partial charge in [-0.15, -0.1) is 0 Å². The van der Waals surface area contributed by atoms with Gasteiger partial charge in [0.1, 0.15) is 0 Å². The van der Waals surface area contributed by atoms with Crippen molar-refractivity contribution in [3.63, 3.8) is 0 Å². The Kier molecular flexibility index (Phi) is 43.0.